The van der Waals surface area contributed by atoms with Crippen LogP contribution in [0, 0.1) is 10.1 Å². The number of nitro groups is 1. The SMILES string of the molecule is O=C(NNC(=S)NC(=O)c1ccc(-c2cccc([N+](=O)[O-])c2)o1)c1ccc(Cl)cc1. The molecule has 0 atom stereocenters. The molecule has 0 unspecified atom stereocenters. The molecule has 11 heteroatoms. The number of nitrogens with one attached hydrogen (secondary N) is 3. The Kier molecular flexibility index (Phi) is 6.40. The smallest absolute Gasteiger partial charge is 0.293 e. The second kappa shape index (κ2) is 9.16. The first-order valence-electron chi connectivity index (χ1n) is 8.35. The number of hydrogen-bond acceptors (Lipinski definition) is 6. The van der Waals surface area contributed by atoms with Crippen molar-refractivity contribution in [2.45, 2.75) is 0 Å². The van der Waals surface area contributed by atoms with Gasteiger partial charge in [0.1, 0.15) is 5.76 Å². The summed E-state index contributed by atoms with van der Waals surface area (Å²) < 4.78 is 5.45. The highest BCUT2D eigenvalue weighted by Crippen LogP contribution is 2.25. The number of carbonyl (C=O) groups excluding carboxylic acids is 2. The molecule has 0 aliphatic carbocycles. The van der Waals surface area contributed by atoms with Gasteiger partial charge >= 0.3 is 0 Å². The van der Waals surface area contributed by atoms with Gasteiger partial charge < -0.3 is 4.42 Å². The van der Waals surface area contributed by atoms with Crippen molar-refractivity contribution in [2.24, 2.45) is 0 Å². The van der Waals surface area contributed by atoms with Crippen molar-refractivity contribution < 1.29 is 18.9 Å². The van der Waals surface area contributed by atoms with Gasteiger partial charge in [-0.3, -0.25) is 35.9 Å². The lowest BCUT2D eigenvalue weighted by molar-refractivity contribution is -0.384. The Bertz CT molecular complexity index is 1130. The topological polar surface area (TPSA) is 127 Å². The normalized spacial score (nSPS) is 10.2. The molecule has 9 nitrogen and oxygen atoms in total. The summed E-state index contributed by atoms with van der Waals surface area (Å²) in [7, 11) is 0. The van der Waals surface area contributed by atoms with Gasteiger partial charge in [0.2, 0.25) is 0 Å². The number of non-ortho nitro benzene ring substituents is 1. The number of hydrazine groups is 1. The van der Waals surface area contributed by atoms with Crippen LogP contribution >= 0.6 is 23.8 Å². The highest BCUT2D eigenvalue weighted by molar-refractivity contribution is 7.80. The molecule has 2 aromatic carbocycles. The Morgan fingerprint density at radius 2 is 1.73 bits per heavy atom. The van der Waals surface area contributed by atoms with Crippen LogP contribution in [0.4, 0.5) is 5.69 Å². The average Bonchev–Trinajstić information content (AvgIpc) is 3.23. The predicted octanol–water partition coefficient (Wildman–Crippen LogP) is 3.46. The van der Waals surface area contributed by atoms with Gasteiger partial charge in [0.25, 0.3) is 17.5 Å². The van der Waals surface area contributed by atoms with Crippen molar-refractivity contribution in [3.8, 4) is 11.3 Å². The van der Waals surface area contributed by atoms with E-state index in [0.717, 1.165) is 0 Å². The standard InChI is InChI=1S/C19H13ClN4O5S/c20-13-6-4-11(5-7-13)17(25)22-23-19(30)21-18(26)16-9-8-15(29-16)12-2-1-3-14(10-12)24(27)28/h1-10H,(H,22,25)(H2,21,23,26,30). The molecule has 0 bridgehead atoms. The number of rotatable bonds is 4. The average molecular weight is 445 g/mol. The molecule has 3 rings (SSSR count). The van der Waals surface area contributed by atoms with Crippen molar-refractivity contribution in [1.82, 2.24) is 16.2 Å². The van der Waals surface area contributed by atoms with Crippen LogP contribution in [0.5, 0.6) is 0 Å². The summed E-state index contributed by atoms with van der Waals surface area (Å²) in [6.45, 7) is 0. The minimum atomic E-state index is -0.662. The largest absolute Gasteiger partial charge is 0.451 e. The van der Waals surface area contributed by atoms with Gasteiger partial charge in [-0.25, -0.2) is 0 Å². The number of furan rings is 1. The van der Waals surface area contributed by atoms with Crippen molar-refractivity contribution in [1.29, 1.82) is 0 Å². The highest BCUT2D eigenvalue weighted by Gasteiger charge is 2.15. The quantitative estimate of drug-likeness (QED) is 0.319. The van der Waals surface area contributed by atoms with E-state index < -0.39 is 16.7 Å². The molecule has 0 aliphatic heterocycles. The van der Waals surface area contributed by atoms with Crippen LogP contribution < -0.4 is 16.2 Å². The van der Waals surface area contributed by atoms with Gasteiger partial charge in [-0.15, -0.1) is 0 Å². The number of carbonyl (C=O) groups is 2. The summed E-state index contributed by atoms with van der Waals surface area (Å²) in [6, 6.07) is 14.9. The number of thiocarbonyl (C=S) groups is 1. The maximum atomic E-state index is 12.3. The summed E-state index contributed by atoms with van der Waals surface area (Å²) >= 11 is 10.7. The van der Waals surface area contributed by atoms with Crippen LogP contribution in [-0.2, 0) is 0 Å². The first kappa shape index (κ1) is 21.0. The Labute approximate surface area is 180 Å². The lowest BCUT2D eigenvalue weighted by Gasteiger charge is -2.10. The molecule has 0 aliphatic rings. The van der Waals surface area contributed by atoms with E-state index in [9.17, 15) is 19.7 Å². The first-order valence-corrected chi connectivity index (χ1v) is 9.14. The van der Waals surface area contributed by atoms with Gasteiger partial charge in [-0.2, -0.15) is 0 Å². The molecule has 3 aromatic rings. The Balaban J connectivity index is 1.58. The molecule has 1 aromatic heterocycles. The number of nitro benzene ring substituents is 1. The second-order valence-corrected chi connectivity index (χ2v) is 6.69. The summed E-state index contributed by atoms with van der Waals surface area (Å²) in [5, 5.41) is 13.6. The third-order valence-electron chi connectivity index (χ3n) is 3.79. The fourth-order valence-corrected chi connectivity index (χ4v) is 2.64. The third kappa shape index (κ3) is 5.19. The van der Waals surface area contributed by atoms with Crippen LogP contribution in [0.1, 0.15) is 20.9 Å². The summed E-state index contributed by atoms with van der Waals surface area (Å²) in [4.78, 5) is 34.6. The number of hydrogen-bond donors (Lipinski definition) is 3. The van der Waals surface area contributed by atoms with E-state index in [1.54, 1.807) is 18.2 Å². The maximum absolute atomic E-state index is 12.3. The van der Waals surface area contributed by atoms with Crippen LogP contribution in [-0.4, -0.2) is 21.9 Å². The Hall–Kier alpha value is -3.76. The molecule has 1 heterocycles. The van der Waals surface area contributed by atoms with E-state index in [0.29, 0.717) is 16.1 Å². The molecule has 0 fully saturated rings. The lowest BCUT2D eigenvalue weighted by atomic mass is 10.1. The first-order chi connectivity index (χ1) is 14.3. The monoisotopic (exact) mass is 444 g/mol. The molecule has 0 saturated heterocycles. The van der Waals surface area contributed by atoms with Crippen molar-refractivity contribution in [3.63, 3.8) is 0 Å². The number of halogens is 1. The van der Waals surface area contributed by atoms with E-state index in [2.05, 4.69) is 16.2 Å². The van der Waals surface area contributed by atoms with Crippen molar-refractivity contribution in [2.75, 3.05) is 0 Å². The molecule has 0 spiro atoms. The molecular formula is C19H13ClN4O5S. The predicted molar refractivity (Wildman–Crippen MR) is 113 cm³/mol. The number of benzene rings is 2. The van der Waals surface area contributed by atoms with Crippen LogP contribution in [0.25, 0.3) is 11.3 Å². The van der Waals surface area contributed by atoms with Crippen molar-refractivity contribution >= 4 is 46.4 Å². The molecule has 3 N–H and O–H groups in total. The minimum Gasteiger partial charge on any atom is -0.451 e. The zero-order valence-corrected chi connectivity index (χ0v) is 16.6. The maximum Gasteiger partial charge on any atom is 0.293 e. The van der Waals surface area contributed by atoms with Crippen LogP contribution in [0.2, 0.25) is 5.02 Å². The van der Waals surface area contributed by atoms with Crippen LogP contribution in [0.15, 0.2) is 65.1 Å². The summed E-state index contributed by atoms with van der Waals surface area (Å²) in [5.41, 5.74) is 5.43. The minimum absolute atomic E-state index is 0.0651. The second-order valence-electron chi connectivity index (χ2n) is 5.84. The van der Waals surface area contributed by atoms with E-state index >= 15 is 0 Å². The third-order valence-corrected chi connectivity index (χ3v) is 4.25. The fraction of sp³-hybridized carbons (Fsp3) is 0. The van der Waals surface area contributed by atoms with Gasteiger partial charge in [0, 0.05) is 28.3 Å². The zero-order valence-electron chi connectivity index (χ0n) is 15.0. The molecule has 152 valence electrons. The number of amides is 2. The summed E-state index contributed by atoms with van der Waals surface area (Å²) in [6.07, 6.45) is 0. The van der Waals surface area contributed by atoms with Gasteiger partial charge in [0.05, 0.1) is 4.92 Å². The van der Waals surface area contributed by atoms with Gasteiger partial charge in [-0.05, 0) is 48.6 Å². The van der Waals surface area contributed by atoms with Gasteiger partial charge in [0.15, 0.2) is 10.9 Å². The molecule has 0 radical (unpaired) electrons. The van der Waals surface area contributed by atoms with E-state index in [1.807, 2.05) is 0 Å². The highest BCUT2D eigenvalue weighted by atomic mass is 35.5. The van der Waals surface area contributed by atoms with Crippen molar-refractivity contribution in [3.05, 3.63) is 87.1 Å². The number of nitrogens with zero attached hydrogens (tertiary/aromatic N) is 1. The Morgan fingerprint density at radius 1 is 1.00 bits per heavy atom. The molecule has 0 saturated carbocycles. The molecular weight excluding hydrogens is 432 g/mol. The summed E-state index contributed by atoms with van der Waals surface area (Å²) in [5.74, 6) is -0.928. The lowest BCUT2D eigenvalue weighted by Crippen LogP contribution is -2.48. The fourth-order valence-electron chi connectivity index (χ4n) is 2.37. The van der Waals surface area contributed by atoms with E-state index in [-0.39, 0.29) is 22.3 Å². The molecule has 30 heavy (non-hydrogen) atoms. The van der Waals surface area contributed by atoms with Gasteiger partial charge in [-0.1, -0.05) is 23.7 Å². The Morgan fingerprint density at radius 3 is 2.43 bits per heavy atom. The van der Waals surface area contributed by atoms with E-state index in [1.165, 1.54) is 42.5 Å². The zero-order chi connectivity index (χ0) is 21.7. The van der Waals surface area contributed by atoms with Crippen LogP contribution in [0.3, 0.4) is 0 Å². The molecule has 2 amide bonds. The van der Waals surface area contributed by atoms with E-state index in [4.69, 9.17) is 28.2 Å².